The van der Waals surface area contributed by atoms with E-state index in [2.05, 4.69) is 17.1 Å². The summed E-state index contributed by atoms with van der Waals surface area (Å²) in [6.07, 6.45) is 5.30. The molecule has 1 aromatic carbocycles. The van der Waals surface area contributed by atoms with E-state index in [0.717, 1.165) is 25.4 Å². The second kappa shape index (κ2) is 7.75. The minimum absolute atomic E-state index is 0.163. The number of rotatable bonds is 8. The number of nitrogens with zero attached hydrogens (tertiary/aromatic N) is 1. The molecule has 1 fully saturated rings. The highest BCUT2D eigenvalue weighted by molar-refractivity contribution is 5.19. The molecule has 2 rings (SSSR count). The third kappa shape index (κ3) is 4.29. The van der Waals surface area contributed by atoms with Gasteiger partial charge in [-0.15, -0.1) is 0 Å². The minimum atomic E-state index is -0.163. The van der Waals surface area contributed by atoms with Gasteiger partial charge >= 0.3 is 0 Å². The van der Waals surface area contributed by atoms with Crippen LogP contribution >= 0.6 is 0 Å². The van der Waals surface area contributed by atoms with Crippen LogP contribution in [-0.4, -0.2) is 31.6 Å². The van der Waals surface area contributed by atoms with E-state index >= 15 is 0 Å². The second-order valence-corrected chi connectivity index (χ2v) is 5.87. The number of hydrogen-bond donors (Lipinski definition) is 1. The van der Waals surface area contributed by atoms with Crippen LogP contribution in [0.1, 0.15) is 44.2 Å². The zero-order valence-electron chi connectivity index (χ0n) is 12.7. The molecule has 0 radical (unpaired) electrons. The van der Waals surface area contributed by atoms with Gasteiger partial charge in [0.05, 0.1) is 0 Å². The quantitative estimate of drug-likeness (QED) is 0.781. The summed E-state index contributed by atoms with van der Waals surface area (Å²) in [5.74, 6) is 0.762. The Morgan fingerprint density at radius 2 is 2.00 bits per heavy atom. The summed E-state index contributed by atoms with van der Waals surface area (Å²) in [7, 11) is 1.98. The number of benzene rings is 1. The van der Waals surface area contributed by atoms with Crippen LogP contribution in [0, 0.1) is 11.7 Å². The molecule has 0 bridgehead atoms. The molecule has 1 saturated carbocycles. The summed E-state index contributed by atoms with van der Waals surface area (Å²) in [5.41, 5.74) is 1.17. The first-order valence-electron chi connectivity index (χ1n) is 7.88. The molecule has 1 aromatic rings. The Bertz CT molecular complexity index is 386. The molecular formula is C17H27FN2. The monoisotopic (exact) mass is 278 g/mol. The Morgan fingerprint density at radius 1 is 1.30 bits per heavy atom. The molecule has 20 heavy (non-hydrogen) atoms. The van der Waals surface area contributed by atoms with Crippen molar-refractivity contribution in [1.82, 2.24) is 10.2 Å². The Morgan fingerprint density at radius 3 is 2.50 bits per heavy atom. The lowest BCUT2D eigenvalue weighted by Crippen LogP contribution is -2.34. The van der Waals surface area contributed by atoms with Gasteiger partial charge in [0.1, 0.15) is 5.82 Å². The predicted molar refractivity (Wildman–Crippen MR) is 82.3 cm³/mol. The van der Waals surface area contributed by atoms with E-state index < -0.39 is 0 Å². The van der Waals surface area contributed by atoms with Crippen molar-refractivity contribution in [2.75, 3.05) is 26.7 Å². The van der Waals surface area contributed by atoms with Gasteiger partial charge in [-0.2, -0.15) is 0 Å². The van der Waals surface area contributed by atoms with E-state index in [1.54, 1.807) is 12.1 Å². The molecule has 0 amide bonds. The van der Waals surface area contributed by atoms with Crippen LogP contribution in [-0.2, 0) is 0 Å². The third-order valence-corrected chi connectivity index (χ3v) is 4.54. The van der Waals surface area contributed by atoms with Gasteiger partial charge in [0.25, 0.3) is 0 Å². The lowest BCUT2D eigenvalue weighted by Gasteiger charge is -2.32. The van der Waals surface area contributed by atoms with Gasteiger partial charge in [-0.1, -0.05) is 25.5 Å². The maximum Gasteiger partial charge on any atom is 0.123 e. The van der Waals surface area contributed by atoms with E-state index in [1.165, 1.54) is 31.4 Å². The van der Waals surface area contributed by atoms with Crippen LogP contribution in [0.25, 0.3) is 0 Å². The molecule has 2 nitrogen and oxygen atoms in total. The van der Waals surface area contributed by atoms with Crippen molar-refractivity contribution < 1.29 is 4.39 Å². The molecule has 1 N–H and O–H groups in total. The Labute approximate surface area is 122 Å². The van der Waals surface area contributed by atoms with Crippen molar-refractivity contribution in [3.8, 4) is 0 Å². The van der Waals surface area contributed by atoms with Crippen LogP contribution in [0.15, 0.2) is 24.3 Å². The lowest BCUT2D eigenvalue weighted by molar-refractivity contribution is 0.178. The highest BCUT2D eigenvalue weighted by atomic mass is 19.1. The Balaban J connectivity index is 1.83. The lowest BCUT2D eigenvalue weighted by atomic mass is 9.85. The van der Waals surface area contributed by atoms with Crippen LogP contribution in [0.2, 0.25) is 0 Å². The average molecular weight is 278 g/mol. The van der Waals surface area contributed by atoms with E-state index in [-0.39, 0.29) is 5.82 Å². The average Bonchev–Trinajstić information content (AvgIpc) is 2.42. The van der Waals surface area contributed by atoms with E-state index in [0.29, 0.717) is 6.04 Å². The first kappa shape index (κ1) is 15.5. The Kier molecular flexibility index (Phi) is 5.99. The molecule has 1 aliphatic rings. The highest BCUT2D eigenvalue weighted by Crippen LogP contribution is 2.27. The fourth-order valence-corrected chi connectivity index (χ4v) is 2.90. The topological polar surface area (TPSA) is 15.3 Å². The Hall–Kier alpha value is -0.930. The van der Waals surface area contributed by atoms with Crippen LogP contribution in [0.4, 0.5) is 4.39 Å². The van der Waals surface area contributed by atoms with Crippen LogP contribution in [0.3, 0.4) is 0 Å². The molecule has 0 aliphatic heterocycles. The highest BCUT2D eigenvalue weighted by Gasteiger charge is 2.20. The summed E-state index contributed by atoms with van der Waals surface area (Å²) in [4.78, 5) is 2.55. The molecule has 1 aliphatic carbocycles. The maximum absolute atomic E-state index is 13.0. The molecule has 0 aromatic heterocycles. The fourth-order valence-electron chi connectivity index (χ4n) is 2.90. The van der Waals surface area contributed by atoms with Gasteiger partial charge < -0.3 is 10.2 Å². The van der Waals surface area contributed by atoms with Gasteiger partial charge in [-0.3, -0.25) is 0 Å². The van der Waals surface area contributed by atoms with Crippen molar-refractivity contribution in [2.24, 2.45) is 5.92 Å². The summed E-state index contributed by atoms with van der Waals surface area (Å²) < 4.78 is 13.0. The number of nitrogens with one attached hydrogen (secondary N) is 1. The molecule has 112 valence electrons. The van der Waals surface area contributed by atoms with Crippen molar-refractivity contribution in [3.63, 3.8) is 0 Å². The maximum atomic E-state index is 13.0. The molecule has 1 unspecified atom stereocenters. The van der Waals surface area contributed by atoms with Gasteiger partial charge in [-0.25, -0.2) is 4.39 Å². The fraction of sp³-hybridized carbons (Fsp3) is 0.647. The van der Waals surface area contributed by atoms with E-state index in [9.17, 15) is 4.39 Å². The number of halogens is 1. The minimum Gasteiger partial charge on any atom is -0.313 e. The van der Waals surface area contributed by atoms with Gasteiger partial charge in [0, 0.05) is 12.6 Å². The van der Waals surface area contributed by atoms with Gasteiger partial charge in [-0.05, 0) is 63.0 Å². The smallest absolute Gasteiger partial charge is 0.123 e. The van der Waals surface area contributed by atoms with Crippen molar-refractivity contribution in [2.45, 2.75) is 38.6 Å². The summed E-state index contributed by atoms with van der Waals surface area (Å²) in [5, 5.41) is 3.35. The zero-order valence-corrected chi connectivity index (χ0v) is 12.7. The molecule has 1 atom stereocenters. The number of hydrogen-bond acceptors (Lipinski definition) is 2. The second-order valence-electron chi connectivity index (χ2n) is 5.87. The van der Waals surface area contributed by atoms with Crippen LogP contribution < -0.4 is 5.32 Å². The van der Waals surface area contributed by atoms with Crippen molar-refractivity contribution >= 4 is 0 Å². The summed E-state index contributed by atoms with van der Waals surface area (Å²) in [6.45, 7) is 5.72. The normalized spacial score (nSPS) is 17.2. The molecule has 0 spiro atoms. The first-order valence-corrected chi connectivity index (χ1v) is 7.88. The standard InChI is InChI=1S/C17H27FN2/c1-3-20(13-14-5-4-6-14)12-11-17(19-2)15-7-9-16(18)10-8-15/h7-10,14,17,19H,3-6,11-13H2,1-2H3. The first-order chi connectivity index (χ1) is 9.72. The third-order valence-electron chi connectivity index (χ3n) is 4.54. The van der Waals surface area contributed by atoms with Crippen molar-refractivity contribution in [3.05, 3.63) is 35.6 Å². The molecule has 0 heterocycles. The van der Waals surface area contributed by atoms with Gasteiger partial charge in [0.2, 0.25) is 0 Å². The van der Waals surface area contributed by atoms with E-state index in [1.807, 2.05) is 19.2 Å². The zero-order chi connectivity index (χ0) is 14.4. The largest absolute Gasteiger partial charge is 0.313 e. The molecule has 0 saturated heterocycles. The molecule has 3 heteroatoms. The summed E-state index contributed by atoms with van der Waals surface area (Å²) in [6, 6.07) is 7.18. The van der Waals surface area contributed by atoms with E-state index in [4.69, 9.17) is 0 Å². The predicted octanol–water partition coefficient (Wildman–Crippen LogP) is 3.60. The SMILES string of the molecule is CCN(CCC(NC)c1ccc(F)cc1)CC1CCC1. The van der Waals surface area contributed by atoms with Gasteiger partial charge in [0.15, 0.2) is 0 Å². The van der Waals surface area contributed by atoms with Crippen molar-refractivity contribution in [1.29, 1.82) is 0 Å². The summed E-state index contributed by atoms with van der Waals surface area (Å²) >= 11 is 0. The molecular weight excluding hydrogens is 251 g/mol. The van der Waals surface area contributed by atoms with Crippen LogP contribution in [0.5, 0.6) is 0 Å².